The van der Waals surface area contributed by atoms with Gasteiger partial charge in [-0.25, -0.2) is 0 Å². The van der Waals surface area contributed by atoms with Crippen LogP contribution in [0.3, 0.4) is 0 Å². The Hall–Kier alpha value is -2.56. The van der Waals surface area contributed by atoms with Gasteiger partial charge in [-0.3, -0.25) is 9.59 Å². The van der Waals surface area contributed by atoms with E-state index in [0.29, 0.717) is 18.7 Å². The van der Waals surface area contributed by atoms with E-state index in [1.54, 1.807) is 0 Å². The molecule has 0 spiro atoms. The van der Waals surface area contributed by atoms with Crippen molar-refractivity contribution in [1.82, 2.24) is 10.3 Å². The highest BCUT2D eigenvalue weighted by molar-refractivity contribution is 6.04. The number of nitrogens with one attached hydrogen (secondary N) is 3. The molecule has 1 atom stereocenters. The zero-order valence-corrected chi connectivity index (χ0v) is 18.0. The molecule has 1 aliphatic carbocycles. The fourth-order valence-electron chi connectivity index (χ4n) is 4.19. The number of aromatic amines is 1. The average molecular weight is 396 g/mol. The summed E-state index contributed by atoms with van der Waals surface area (Å²) in [5, 5.41) is 6.59. The second-order valence-electron chi connectivity index (χ2n) is 8.98. The zero-order chi connectivity index (χ0) is 21.0. The number of rotatable bonds is 8. The maximum absolute atomic E-state index is 13.1. The van der Waals surface area contributed by atoms with Gasteiger partial charge in [0.25, 0.3) is 5.91 Å². The number of hydrogen-bond donors (Lipinski definition) is 3. The van der Waals surface area contributed by atoms with Crippen molar-refractivity contribution >= 4 is 17.4 Å². The first-order valence-corrected chi connectivity index (χ1v) is 10.6. The summed E-state index contributed by atoms with van der Waals surface area (Å²) in [5.41, 5.74) is 3.91. The quantitative estimate of drug-likeness (QED) is 0.596. The van der Waals surface area contributed by atoms with Gasteiger partial charge in [0.05, 0.1) is 0 Å². The van der Waals surface area contributed by atoms with Gasteiger partial charge in [-0.05, 0) is 42.9 Å². The number of benzene rings is 1. The number of carbonyl (C=O) groups excluding carboxylic acids is 2. The van der Waals surface area contributed by atoms with Crippen molar-refractivity contribution in [1.29, 1.82) is 0 Å². The molecule has 0 saturated carbocycles. The molecule has 0 bridgehead atoms. The highest BCUT2D eigenvalue weighted by atomic mass is 16.2. The summed E-state index contributed by atoms with van der Waals surface area (Å²) in [6.07, 6.45) is 4.36. The van der Waals surface area contributed by atoms with Gasteiger partial charge in [-0.2, -0.15) is 0 Å². The van der Waals surface area contributed by atoms with Crippen LogP contribution >= 0.6 is 0 Å². The van der Waals surface area contributed by atoms with Crippen molar-refractivity contribution < 1.29 is 9.59 Å². The van der Waals surface area contributed by atoms with E-state index in [9.17, 15) is 9.59 Å². The minimum absolute atomic E-state index is 0.0227. The maximum atomic E-state index is 13.1. The van der Waals surface area contributed by atoms with Gasteiger partial charge in [-0.1, -0.05) is 51.8 Å². The monoisotopic (exact) mass is 395 g/mol. The van der Waals surface area contributed by atoms with Crippen molar-refractivity contribution in [3.05, 3.63) is 52.8 Å². The third-order valence-corrected chi connectivity index (χ3v) is 5.70. The second kappa shape index (κ2) is 8.85. The van der Waals surface area contributed by atoms with Gasteiger partial charge >= 0.3 is 0 Å². The third kappa shape index (κ3) is 5.08. The summed E-state index contributed by atoms with van der Waals surface area (Å²) >= 11 is 0. The van der Waals surface area contributed by atoms with Crippen molar-refractivity contribution in [3.8, 4) is 0 Å². The van der Waals surface area contributed by atoms with Crippen molar-refractivity contribution in [3.63, 3.8) is 0 Å². The Bertz CT molecular complexity index is 868. The molecule has 0 aliphatic heterocycles. The molecule has 1 amide bonds. The van der Waals surface area contributed by atoms with E-state index in [0.717, 1.165) is 48.2 Å². The van der Waals surface area contributed by atoms with E-state index in [2.05, 4.69) is 36.4 Å². The molecule has 3 N–H and O–H groups in total. The molecule has 5 nitrogen and oxygen atoms in total. The molecule has 0 radical (unpaired) electrons. The molecule has 1 heterocycles. The molecule has 1 unspecified atom stereocenters. The lowest BCUT2D eigenvalue weighted by Gasteiger charge is -2.28. The number of unbranched alkanes of at least 4 members (excludes halogenated alkanes) is 1. The number of hydrogen-bond acceptors (Lipinski definition) is 3. The van der Waals surface area contributed by atoms with Crippen LogP contribution in [0.4, 0.5) is 5.69 Å². The highest BCUT2D eigenvalue weighted by Gasteiger charge is 2.35. The predicted octanol–water partition coefficient (Wildman–Crippen LogP) is 4.88. The molecule has 1 aliphatic rings. The van der Waals surface area contributed by atoms with Crippen molar-refractivity contribution in [2.24, 2.45) is 5.41 Å². The molecule has 3 rings (SSSR count). The SMILES string of the molecule is CCCCC(CNc1ccccc1)NC(=O)c1[nH]c2c(c1C)C(=O)CC(C)(C)C2. The van der Waals surface area contributed by atoms with Crippen LogP contribution in [0.2, 0.25) is 0 Å². The topological polar surface area (TPSA) is 74.0 Å². The lowest BCUT2D eigenvalue weighted by molar-refractivity contribution is 0.0908. The van der Waals surface area contributed by atoms with E-state index in [-0.39, 0.29) is 23.1 Å². The molecular weight excluding hydrogens is 362 g/mol. The summed E-state index contributed by atoms with van der Waals surface area (Å²) in [5.74, 6) is 0.01000. The minimum atomic E-state index is -0.126. The molecule has 29 heavy (non-hydrogen) atoms. The summed E-state index contributed by atoms with van der Waals surface area (Å²) in [6, 6.07) is 10.0. The fraction of sp³-hybridized carbons (Fsp3) is 0.500. The Balaban J connectivity index is 1.73. The number of amides is 1. The van der Waals surface area contributed by atoms with Gasteiger partial charge < -0.3 is 15.6 Å². The lowest BCUT2D eigenvalue weighted by atomic mass is 9.75. The molecule has 5 heteroatoms. The number of aromatic nitrogens is 1. The average Bonchev–Trinajstić information content (AvgIpc) is 3.00. The van der Waals surface area contributed by atoms with Crippen LogP contribution in [-0.4, -0.2) is 29.3 Å². The first kappa shape index (κ1) is 21.2. The third-order valence-electron chi connectivity index (χ3n) is 5.70. The van der Waals surface area contributed by atoms with Crippen LogP contribution in [0.5, 0.6) is 0 Å². The van der Waals surface area contributed by atoms with Gasteiger partial charge in [0, 0.05) is 36.0 Å². The Morgan fingerprint density at radius 2 is 1.93 bits per heavy atom. The largest absolute Gasteiger partial charge is 0.383 e. The number of carbonyl (C=O) groups is 2. The van der Waals surface area contributed by atoms with Crippen LogP contribution in [0.1, 0.15) is 78.6 Å². The first-order chi connectivity index (χ1) is 13.8. The van der Waals surface area contributed by atoms with Crippen LogP contribution in [-0.2, 0) is 6.42 Å². The molecule has 2 aromatic rings. The van der Waals surface area contributed by atoms with Crippen LogP contribution in [0.15, 0.2) is 30.3 Å². The smallest absolute Gasteiger partial charge is 0.268 e. The van der Waals surface area contributed by atoms with E-state index in [1.807, 2.05) is 37.3 Å². The number of ketones is 1. The standard InChI is InChI=1S/C24H33N3O2/c1-5-6-10-18(15-25-17-11-8-7-9-12-17)26-23(29)22-16(2)21-19(27-22)13-24(3,4)14-20(21)28/h7-9,11-12,18,25,27H,5-6,10,13-15H2,1-4H3,(H,26,29). The molecular formula is C24H33N3O2. The predicted molar refractivity (Wildman–Crippen MR) is 118 cm³/mol. The fourth-order valence-corrected chi connectivity index (χ4v) is 4.19. The minimum Gasteiger partial charge on any atom is -0.383 e. The molecule has 0 fully saturated rings. The van der Waals surface area contributed by atoms with E-state index < -0.39 is 0 Å². The molecule has 1 aromatic heterocycles. The van der Waals surface area contributed by atoms with Crippen molar-refractivity contribution in [2.75, 3.05) is 11.9 Å². The second-order valence-corrected chi connectivity index (χ2v) is 8.98. The number of anilines is 1. The van der Waals surface area contributed by atoms with E-state index in [1.165, 1.54) is 0 Å². The highest BCUT2D eigenvalue weighted by Crippen LogP contribution is 2.36. The van der Waals surface area contributed by atoms with Gasteiger partial charge in [-0.15, -0.1) is 0 Å². The zero-order valence-electron chi connectivity index (χ0n) is 18.0. The number of para-hydroxylation sites is 1. The number of fused-ring (bicyclic) bond motifs is 1. The molecule has 1 aromatic carbocycles. The number of H-pyrrole nitrogens is 1. The van der Waals surface area contributed by atoms with E-state index in [4.69, 9.17) is 0 Å². The van der Waals surface area contributed by atoms with Crippen LogP contribution < -0.4 is 10.6 Å². The summed E-state index contributed by atoms with van der Waals surface area (Å²) in [4.78, 5) is 28.9. The Labute approximate surface area is 173 Å². The van der Waals surface area contributed by atoms with Gasteiger partial charge in [0.15, 0.2) is 5.78 Å². The van der Waals surface area contributed by atoms with Crippen LogP contribution in [0, 0.1) is 12.3 Å². The summed E-state index contributed by atoms with van der Waals surface area (Å²) in [6.45, 7) is 8.89. The normalized spacial score (nSPS) is 16.2. The molecule has 0 saturated heterocycles. The lowest BCUT2D eigenvalue weighted by Crippen LogP contribution is -2.40. The maximum Gasteiger partial charge on any atom is 0.268 e. The molecule has 156 valence electrons. The van der Waals surface area contributed by atoms with E-state index >= 15 is 0 Å². The Kier molecular flexibility index (Phi) is 6.46. The Morgan fingerprint density at radius 3 is 2.62 bits per heavy atom. The van der Waals surface area contributed by atoms with Gasteiger partial charge in [0.2, 0.25) is 0 Å². The first-order valence-electron chi connectivity index (χ1n) is 10.6. The number of Topliss-reactive ketones (excluding diaryl/α,β-unsaturated/α-hetero) is 1. The van der Waals surface area contributed by atoms with Crippen molar-refractivity contribution in [2.45, 2.75) is 65.8 Å². The summed E-state index contributed by atoms with van der Waals surface area (Å²) < 4.78 is 0. The van der Waals surface area contributed by atoms with Crippen LogP contribution in [0.25, 0.3) is 0 Å². The van der Waals surface area contributed by atoms with Gasteiger partial charge in [0.1, 0.15) is 5.69 Å². The summed E-state index contributed by atoms with van der Waals surface area (Å²) in [7, 11) is 0. The Morgan fingerprint density at radius 1 is 1.21 bits per heavy atom.